The largest absolute Gasteiger partial charge is 0.457 e. The molecule has 1 fully saturated rings. The van der Waals surface area contributed by atoms with Crippen molar-refractivity contribution in [3.8, 4) is 6.07 Å². The van der Waals surface area contributed by atoms with Gasteiger partial charge in [-0.25, -0.2) is 9.78 Å². The van der Waals surface area contributed by atoms with E-state index in [2.05, 4.69) is 16.0 Å². The van der Waals surface area contributed by atoms with Crippen molar-refractivity contribution in [1.29, 1.82) is 5.26 Å². The molecule has 0 aliphatic carbocycles. The van der Waals surface area contributed by atoms with Crippen molar-refractivity contribution in [2.45, 2.75) is 6.61 Å². The number of aromatic nitrogens is 1. The maximum Gasteiger partial charge on any atom is 0.340 e. The van der Waals surface area contributed by atoms with Gasteiger partial charge in [0.1, 0.15) is 12.4 Å². The van der Waals surface area contributed by atoms with E-state index in [4.69, 9.17) is 14.7 Å². The molecule has 0 unspecified atom stereocenters. The molecule has 0 N–H and O–H groups in total. The van der Waals surface area contributed by atoms with Crippen LogP contribution in [0.5, 0.6) is 0 Å². The van der Waals surface area contributed by atoms with Crippen LogP contribution in [0.3, 0.4) is 0 Å². The Morgan fingerprint density at radius 1 is 1.25 bits per heavy atom. The maximum atomic E-state index is 12.1. The molecule has 0 saturated carbocycles. The number of morpholine rings is 1. The first-order valence-corrected chi connectivity index (χ1v) is 7.72. The van der Waals surface area contributed by atoms with Gasteiger partial charge in [0.15, 0.2) is 0 Å². The number of benzene rings is 1. The van der Waals surface area contributed by atoms with E-state index in [0.717, 1.165) is 18.9 Å². The van der Waals surface area contributed by atoms with Crippen molar-refractivity contribution >= 4 is 11.8 Å². The van der Waals surface area contributed by atoms with Crippen LogP contribution in [0.25, 0.3) is 0 Å². The summed E-state index contributed by atoms with van der Waals surface area (Å²) < 4.78 is 10.6. The van der Waals surface area contributed by atoms with E-state index in [1.54, 1.807) is 24.3 Å². The zero-order valence-electron chi connectivity index (χ0n) is 13.1. The maximum absolute atomic E-state index is 12.1. The van der Waals surface area contributed by atoms with Gasteiger partial charge in [0.25, 0.3) is 0 Å². The second-order valence-electron chi connectivity index (χ2n) is 5.35. The predicted molar refractivity (Wildman–Crippen MR) is 87.5 cm³/mol. The Bertz CT molecular complexity index is 747. The Morgan fingerprint density at radius 2 is 2.04 bits per heavy atom. The molecule has 1 aromatic carbocycles. The summed E-state index contributed by atoms with van der Waals surface area (Å²) in [5.41, 5.74) is 1.58. The van der Waals surface area contributed by atoms with Crippen LogP contribution in [-0.2, 0) is 16.1 Å². The third-order valence-electron chi connectivity index (χ3n) is 3.82. The molecule has 1 saturated heterocycles. The first-order valence-electron chi connectivity index (χ1n) is 7.72. The standard InChI is InChI=1S/C18H17N3O3/c19-11-14-3-1-2-4-16(14)13-24-18(22)15-5-6-17(20-12-15)21-7-9-23-10-8-21/h1-6,12H,7-10,13H2. The lowest BCUT2D eigenvalue weighted by Gasteiger charge is -2.27. The molecule has 6 heteroatoms. The van der Waals surface area contributed by atoms with E-state index in [0.29, 0.717) is 29.9 Å². The summed E-state index contributed by atoms with van der Waals surface area (Å²) in [5.74, 6) is 0.369. The van der Waals surface area contributed by atoms with Gasteiger partial charge in [-0.05, 0) is 18.2 Å². The number of ether oxygens (including phenoxy) is 2. The van der Waals surface area contributed by atoms with Gasteiger partial charge < -0.3 is 14.4 Å². The van der Waals surface area contributed by atoms with Gasteiger partial charge in [0.05, 0.1) is 30.4 Å². The van der Waals surface area contributed by atoms with E-state index in [1.165, 1.54) is 6.20 Å². The number of carbonyl (C=O) groups excluding carboxylic acids is 1. The Labute approximate surface area is 140 Å². The van der Waals surface area contributed by atoms with E-state index in [-0.39, 0.29) is 6.61 Å². The number of nitrogens with zero attached hydrogens (tertiary/aromatic N) is 3. The minimum atomic E-state index is -0.455. The van der Waals surface area contributed by atoms with E-state index < -0.39 is 5.97 Å². The lowest BCUT2D eigenvalue weighted by atomic mass is 10.1. The number of carbonyl (C=O) groups is 1. The number of hydrogen-bond acceptors (Lipinski definition) is 6. The molecule has 1 aromatic heterocycles. The zero-order valence-corrected chi connectivity index (χ0v) is 13.1. The molecule has 0 atom stereocenters. The van der Waals surface area contributed by atoms with Gasteiger partial charge in [0, 0.05) is 24.8 Å². The number of rotatable bonds is 4. The molecular weight excluding hydrogens is 306 g/mol. The predicted octanol–water partition coefficient (Wildman–Crippen LogP) is 2.15. The van der Waals surface area contributed by atoms with Crippen LogP contribution in [0.15, 0.2) is 42.6 Å². The average Bonchev–Trinajstić information content (AvgIpc) is 2.67. The number of hydrogen-bond donors (Lipinski definition) is 0. The summed E-state index contributed by atoms with van der Waals surface area (Å²) in [5, 5.41) is 9.04. The summed E-state index contributed by atoms with van der Waals surface area (Å²) in [6.45, 7) is 3.02. The SMILES string of the molecule is N#Cc1ccccc1COC(=O)c1ccc(N2CCOCC2)nc1. The number of pyridine rings is 1. The minimum absolute atomic E-state index is 0.0633. The first kappa shape index (κ1) is 16.0. The highest BCUT2D eigenvalue weighted by atomic mass is 16.5. The monoisotopic (exact) mass is 323 g/mol. The average molecular weight is 323 g/mol. The molecule has 6 nitrogen and oxygen atoms in total. The Balaban J connectivity index is 1.62. The fourth-order valence-electron chi connectivity index (χ4n) is 2.47. The summed E-state index contributed by atoms with van der Waals surface area (Å²) in [7, 11) is 0. The summed E-state index contributed by atoms with van der Waals surface area (Å²) in [4.78, 5) is 18.6. The second-order valence-corrected chi connectivity index (χ2v) is 5.35. The smallest absolute Gasteiger partial charge is 0.340 e. The highest BCUT2D eigenvalue weighted by Crippen LogP contribution is 2.15. The fraction of sp³-hybridized carbons (Fsp3) is 0.278. The molecule has 0 radical (unpaired) electrons. The highest BCUT2D eigenvalue weighted by Gasteiger charge is 2.14. The molecule has 2 aromatic rings. The molecule has 2 heterocycles. The topological polar surface area (TPSA) is 75.5 Å². The summed E-state index contributed by atoms with van der Waals surface area (Å²) in [6, 6.07) is 12.6. The molecule has 0 bridgehead atoms. The lowest BCUT2D eigenvalue weighted by molar-refractivity contribution is 0.0472. The highest BCUT2D eigenvalue weighted by molar-refractivity contribution is 5.89. The van der Waals surface area contributed by atoms with Crippen LogP contribution >= 0.6 is 0 Å². The van der Waals surface area contributed by atoms with Crippen molar-refractivity contribution in [1.82, 2.24) is 4.98 Å². The lowest BCUT2D eigenvalue weighted by Crippen LogP contribution is -2.36. The Hall–Kier alpha value is -2.91. The van der Waals surface area contributed by atoms with Crippen LogP contribution in [0, 0.1) is 11.3 Å². The van der Waals surface area contributed by atoms with Crippen LogP contribution in [0.1, 0.15) is 21.5 Å². The van der Waals surface area contributed by atoms with E-state index >= 15 is 0 Å². The molecule has 24 heavy (non-hydrogen) atoms. The molecule has 0 amide bonds. The minimum Gasteiger partial charge on any atom is -0.457 e. The normalized spacial score (nSPS) is 14.0. The second kappa shape index (κ2) is 7.57. The third kappa shape index (κ3) is 3.70. The number of esters is 1. The Morgan fingerprint density at radius 3 is 2.75 bits per heavy atom. The molecule has 1 aliphatic rings. The van der Waals surface area contributed by atoms with Gasteiger partial charge >= 0.3 is 5.97 Å². The van der Waals surface area contributed by atoms with Crippen molar-refractivity contribution in [3.05, 3.63) is 59.3 Å². The van der Waals surface area contributed by atoms with Crippen molar-refractivity contribution in [2.75, 3.05) is 31.2 Å². The zero-order chi connectivity index (χ0) is 16.8. The van der Waals surface area contributed by atoms with E-state index in [1.807, 2.05) is 12.1 Å². The van der Waals surface area contributed by atoms with Crippen LogP contribution in [0.2, 0.25) is 0 Å². The van der Waals surface area contributed by atoms with Gasteiger partial charge in [-0.2, -0.15) is 5.26 Å². The van der Waals surface area contributed by atoms with Gasteiger partial charge in [-0.3, -0.25) is 0 Å². The quantitative estimate of drug-likeness (QED) is 0.803. The molecule has 1 aliphatic heterocycles. The number of anilines is 1. The number of nitriles is 1. The molecule has 3 rings (SSSR count). The van der Waals surface area contributed by atoms with Crippen LogP contribution in [0.4, 0.5) is 5.82 Å². The first-order chi connectivity index (χ1) is 11.8. The van der Waals surface area contributed by atoms with Crippen LogP contribution < -0.4 is 4.90 Å². The molecular formula is C18H17N3O3. The van der Waals surface area contributed by atoms with Gasteiger partial charge in [0.2, 0.25) is 0 Å². The third-order valence-corrected chi connectivity index (χ3v) is 3.82. The summed E-state index contributed by atoms with van der Waals surface area (Å²) >= 11 is 0. The van der Waals surface area contributed by atoms with Gasteiger partial charge in [-0.1, -0.05) is 18.2 Å². The Kier molecular flexibility index (Phi) is 5.04. The van der Waals surface area contributed by atoms with Crippen molar-refractivity contribution in [3.63, 3.8) is 0 Å². The van der Waals surface area contributed by atoms with Crippen molar-refractivity contribution in [2.24, 2.45) is 0 Å². The van der Waals surface area contributed by atoms with Crippen molar-refractivity contribution < 1.29 is 14.3 Å². The van der Waals surface area contributed by atoms with Gasteiger partial charge in [-0.15, -0.1) is 0 Å². The molecule has 122 valence electrons. The fourth-order valence-corrected chi connectivity index (χ4v) is 2.47. The van der Waals surface area contributed by atoms with Crippen LogP contribution in [-0.4, -0.2) is 37.3 Å². The molecule has 0 spiro atoms. The summed E-state index contributed by atoms with van der Waals surface area (Å²) in [6.07, 6.45) is 1.52. The van der Waals surface area contributed by atoms with E-state index in [9.17, 15) is 4.79 Å².